The van der Waals surface area contributed by atoms with Crippen molar-refractivity contribution < 1.29 is 24.0 Å². The van der Waals surface area contributed by atoms with Gasteiger partial charge in [0, 0.05) is 0 Å². The van der Waals surface area contributed by atoms with Gasteiger partial charge in [-0.05, 0) is 0 Å². The van der Waals surface area contributed by atoms with E-state index >= 15 is 0 Å². The van der Waals surface area contributed by atoms with Crippen molar-refractivity contribution in [2.24, 2.45) is 0 Å². The Morgan fingerprint density at radius 3 is 2.09 bits per heavy atom. The van der Waals surface area contributed by atoms with Crippen molar-refractivity contribution in [1.82, 2.24) is 9.97 Å². The van der Waals surface area contributed by atoms with Gasteiger partial charge in [-0.15, -0.1) is 0 Å². The minimum atomic E-state index is -0.924. The zero-order chi connectivity index (χ0) is 7.72. The molecule has 0 saturated carbocycles. The number of rotatable bonds is 0. The quantitative estimate of drug-likeness (QED) is 0.251. The number of nitrogens with one attached hydrogen (secondary N) is 2. The van der Waals surface area contributed by atoms with Crippen LogP contribution in [0, 0.1) is 0 Å². The summed E-state index contributed by atoms with van der Waals surface area (Å²) in [5.41, 5.74) is -2.05. The number of aromatic hydroxyl groups is 1. The molecule has 0 aliphatic carbocycles. The molecule has 1 aromatic rings. The van der Waals surface area contributed by atoms with Gasteiger partial charge in [-0.25, -0.2) is 0 Å². The van der Waals surface area contributed by atoms with Gasteiger partial charge in [0.15, 0.2) is 5.88 Å². The van der Waals surface area contributed by atoms with Crippen molar-refractivity contribution in [3.63, 3.8) is 0 Å². The van der Waals surface area contributed by atoms with Crippen LogP contribution in [-0.2, 0) is 0 Å². The molecule has 51 valence electrons. The summed E-state index contributed by atoms with van der Waals surface area (Å²) in [7, 11) is 5.01. The van der Waals surface area contributed by atoms with Crippen LogP contribution in [0.15, 0.2) is 9.59 Å². The molecule has 0 amide bonds. The van der Waals surface area contributed by atoms with E-state index in [1.54, 1.807) is 0 Å². The van der Waals surface area contributed by atoms with Gasteiger partial charge < -0.3 is 17.9 Å². The molecule has 0 spiro atoms. The van der Waals surface area contributed by atoms with Crippen LogP contribution in [0.25, 0.3) is 0 Å². The zero-order valence-electron chi connectivity index (χ0n) is 5.84. The van der Waals surface area contributed by atoms with Gasteiger partial charge in [0.1, 0.15) is 0 Å². The van der Waals surface area contributed by atoms with Crippen LogP contribution in [0.4, 0.5) is 0 Å². The molecule has 7 heteroatoms. The molecule has 0 saturated heterocycles. The molecule has 1 aromatic heterocycles. The minimum Gasteiger partial charge on any atom is -0.549 e. The van der Waals surface area contributed by atoms with E-state index in [2.05, 4.69) is 0 Å². The summed E-state index contributed by atoms with van der Waals surface area (Å²) in [6.07, 6.45) is 0. The molecule has 0 bridgehead atoms. The van der Waals surface area contributed by atoms with E-state index in [1.807, 2.05) is 9.97 Å². The molecule has 0 aliphatic rings. The maximum atomic E-state index is 10.4. The van der Waals surface area contributed by atoms with Crippen LogP contribution in [-0.4, -0.2) is 22.9 Å². The van der Waals surface area contributed by atoms with E-state index in [4.69, 9.17) is 13.0 Å². The third kappa shape index (κ3) is 2.03. The second-order valence-electron chi connectivity index (χ2n) is 1.67. The third-order valence-electron chi connectivity index (χ3n) is 0.941. The fourth-order valence-electron chi connectivity index (χ4n) is 0.470. The SMILES string of the molecule is [B-]c1[nH]c(=O)c(=O)[nH]c1O.[Li+]. The first-order chi connectivity index (χ1) is 4.61. The smallest absolute Gasteiger partial charge is 0.549 e. The summed E-state index contributed by atoms with van der Waals surface area (Å²) in [4.78, 5) is 24.6. The van der Waals surface area contributed by atoms with E-state index in [9.17, 15) is 9.59 Å². The first-order valence-corrected chi connectivity index (χ1v) is 2.42. The molecule has 3 radical (unpaired) electrons. The van der Waals surface area contributed by atoms with Crippen LogP contribution < -0.4 is 35.6 Å². The Morgan fingerprint density at radius 1 is 1.18 bits per heavy atom. The molecular formula is C4H3BLiN2O3. The summed E-state index contributed by atoms with van der Waals surface area (Å²) in [5.74, 6) is -0.524. The van der Waals surface area contributed by atoms with Crippen LogP contribution >= 0.6 is 0 Å². The number of aromatic amines is 2. The minimum absolute atomic E-state index is 0. The molecule has 11 heavy (non-hydrogen) atoms. The molecule has 0 unspecified atom stereocenters. The average molecular weight is 145 g/mol. The van der Waals surface area contributed by atoms with Crippen molar-refractivity contribution in [3.8, 4) is 5.88 Å². The van der Waals surface area contributed by atoms with Gasteiger partial charge in [-0.3, -0.25) is 14.6 Å². The number of H-pyrrole nitrogens is 2. The van der Waals surface area contributed by atoms with Gasteiger partial charge in [0.25, 0.3) is 0 Å². The predicted molar refractivity (Wildman–Crippen MR) is 34.7 cm³/mol. The maximum Gasteiger partial charge on any atom is 1.00 e. The maximum absolute atomic E-state index is 10.4. The van der Waals surface area contributed by atoms with Gasteiger partial charge in [-0.1, -0.05) is 0 Å². The molecule has 0 atom stereocenters. The molecule has 0 aromatic carbocycles. The van der Waals surface area contributed by atoms with Crippen molar-refractivity contribution in [3.05, 3.63) is 20.7 Å². The monoisotopic (exact) mass is 145 g/mol. The van der Waals surface area contributed by atoms with Crippen molar-refractivity contribution in [2.75, 3.05) is 0 Å². The third-order valence-corrected chi connectivity index (χ3v) is 0.941. The van der Waals surface area contributed by atoms with Crippen LogP contribution in [0.2, 0.25) is 0 Å². The van der Waals surface area contributed by atoms with E-state index in [0.717, 1.165) is 0 Å². The summed E-state index contributed by atoms with van der Waals surface area (Å²) < 4.78 is 0. The first-order valence-electron chi connectivity index (χ1n) is 2.42. The summed E-state index contributed by atoms with van der Waals surface area (Å²) in [5, 5.41) is 8.67. The molecule has 1 heterocycles. The summed E-state index contributed by atoms with van der Waals surface area (Å²) in [6, 6.07) is 0. The summed E-state index contributed by atoms with van der Waals surface area (Å²) in [6.45, 7) is 0. The molecule has 0 aliphatic heterocycles. The van der Waals surface area contributed by atoms with Gasteiger partial charge in [0.05, 0.1) is 0 Å². The molecule has 0 fully saturated rings. The fourth-order valence-corrected chi connectivity index (χ4v) is 0.470. The van der Waals surface area contributed by atoms with E-state index in [-0.39, 0.29) is 24.5 Å². The number of hydrogen-bond donors (Lipinski definition) is 3. The molecule has 3 N–H and O–H groups in total. The molecule has 1 rings (SSSR count). The van der Waals surface area contributed by atoms with Crippen molar-refractivity contribution in [2.45, 2.75) is 0 Å². The zero-order valence-corrected chi connectivity index (χ0v) is 5.84. The standard InChI is InChI=1S/C4H3BN2O3.Li/c5-1-2(8)7-4(10)3(9)6-1;/h(H,6,9)(H2,7,8,10);/q-1;+1. The summed E-state index contributed by atoms with van der Waals surface area (Å²) >= 11 is 0. The molecule has 5 nitrogen and oxygen atoms in total. The van der Waals surface area contributed by atoms with Gasteiger partial charge >= 0.3 is 30.0 Å². The number of hydrogen-bond acceptors (Lipinski definition) is 3. The van der Waals surface area contributed by atoms with E-state index in [0.29, 0.717) is 0 Å². The second kappa shape index (κ2) is 3.51. The second-order valence-corrected chi connectivity index (χ2v) is 1.67. The normalized spacial score (nSPS) is 8.82. The van der Waals surface area contributed by atoms with Crippen LogP contribution in [0.5, 0.6) is 5.88 Å². The Morgan fingerprint density at radius 2 is 1.64 bits per heavy atom. The Labute approximate surface area is 74.4 Å². The van der Waals surface area contributed by atoms with Crippen molar-refractivity contribution >= 4 is 13.4 Å². The van der Waals surface area contributed by atoms with E-state index < -0.39 is 17.0 Å². The fraction of sp³-hybridized carbons (Fsp3) is 0. The molecular weight excluding hydrogens is 142 g/mol. The first kappa shape index (κ1) is 10.1. The van der Waals surface area contributed by atoms with Gasteiger partial charge in [0.2, 0.25) is 0 Å². The van der Waals surface area contributed by atoms with Crippen LogP contribution in [0.3, 0.4) is 0 Å². The average Bonchev–Trinajstić information content (AvgIpc) is 1.84. The predicted octanol–water partition coefficient (Wildman–Crippen LogP) is -5.43. The number of aromatic nitrogens is 2. The van der Waals surface area contributed by atoms with Gasteiger partial charge in [-0.2, -0.15) is 5.59 Å². The Bertz CT molecular complexity index is 322. The van der Waals surface area contributed by atoms with Crippen molar-refractivity contribution in [1.29, 1.82) is 0 Å². The Hall–Kier alpha value is -0.858. The Kier molecular flexibility index (Phi) is 3.24. The van der Waals surface area contributed by atoms with Crippen LogP contribution in [0.1, 0.15) is 0 Å². The topological polar surface area (TPSA) is 86.0 Å². The van der Waals surface area contributed by atoms with E-state index in [1.165, 1.54) is 0 Å². The largest absolute Gasteiger partial charge is 1.00 e. The Balaban J connectivity index is 0.000001000.